The van der Waals surface area contributed by atoms with Crippen molar-refractivity contribution in [1.82, 2.24) is 9.38 Å². The Bertz CT molecular complexity index is 1360. The van der Waals surface area contributed by atoms with Crippen molar-refractivity contribution in [2.24, 2.45) is 0 Å². The molecule has 32 heavy (non-hydrogen) atoms. The number of nitro benzene ring substituents is 1. The van der Waals surface area contributed by atoms with Gasteiger partial charge in [0.2, 0.25) is 5.78 Å². The van der Waals surface area contributed by atoms with Crippen LogP contribution < -0.4 is 0 Å². The Kier molecular flexibility index (Phi) is 5.51. The SMILES string of the molecule is CCOC(=O)c1cc(C(=O)c2ccc([N+](=O)[O-])cc2)n2cnc(-c3cccc(C)c3)cc12. The highest BCUT2D eigenvalue weighted by Gasteiger charge is 2.22. The minimum absolute atomic E-state index is 0.113. The first-order chi connectivity index (χ1) is 15.4. The Labute approximate surface area is 183 Å². The molecule has 0 atom stereocenters. The van der Waals surface area contributed by atoms with Gasteiger partial charge in [0.25, 0.3) is 5.69 Å². The maximum atomic E-state index is 13.2. The van der Waals surface area contributed by atoms with Crippen molar-refractivity contribution in [3.63, 3.8) is 0 Å². The van der Waals surface area contributed by atoms with Crippen molar-refractivity contribution in [3.05, 3.63) is 99.5 Å². The van der Waals surface area contributed by atoms with E-state index < -0.39 is 16.7 Å². The number of hydrogen-bond donors (Lipinski definition) is 0. The number of carbonyl (C=O) groups is 2. The number of benzene rings is 2. The van der Waals surface area contributed by atoms with Crippen LogP contribution in [-0.2, 0) is 4.74 Å². The number of non-ortho nitro benzene ring substituents is 1. The molecule has 0 saturated carbocycles. The van der Waals surface area contributed by atoms with E-state index in [1.54, 1.807) is 13.0 Å². The van der Waals surface area contributed by atoms with Crippen molar-refractivity contribution in [1.29, 1.82) is 0 Å². The van der Waals surface area contributed by atoms with Crippen LogP contribution in [-0.4, -0.2) is 32.7 Å². The molecule has 0 bridgehead atoms. The van der Waals surface area contributed by atoms with Crippen molar-refractivity contribution < 1.29 is 19.2 Å². The number of aromatic nitrogens is 2. The molecule has 0 unspecified atom stereocenters. The van der Waals surface area contributed by atoms with Gasteiger partial charge in [0.1, 0.15) is 6.33 Å². The van der Waals surface area contributed by atoms with Gasteiger partial charge in [-0.3, -0.25) is 19.3 Å². The van der Waals surface area contributed by atoms with Gasteiger partial charge in [-0.25, -0.2) is 9.78 Å². The molecule has 0 saturated heterocycles. The normalized spacial score (nSPS) is 10.8. The summed E-state index contributed by atoms with van der Waals surface area (Å²) in [5, 5.41) is 10.9. The number of ketones is 1. The molecule has 0 radical (unpaired) electrons. The standard InChI is InChI=1S/C24H19N3O5/c1-3-32-24(29)19-12-22(23(28)16-7-9-18(10-8-16)27(30)31)26-14-25-20(13-21(19)26)17-6-4-5-15(2)11-17/h4-14H,3H2,1-2H3. The van der Waals surface area contributed by atoms with Gasteiger partial charge in [0.05, 0.1) is 34.0 Å². The molecule has 2 aromatic heterocycles. The molecule has 8 heteroatoms. The second-order valence-corrected chi connectivity index (χ2v) is 7.20. The monoisotopic (exact) mass is 429 g/mol. The first-order valence-corrected chi connectivity index (χ1v) is 9.93. The summed E-state index contributed by atoms with van der Waals surface area (Å²) >= 11 is 0. The maximum absolute atomic E-state index is 13.2. The number of nitrogens with zero attached hydrogens (tertiary/aromatic N) is 3. The van der Waals surface area contributed by atoms with Crippen molar-refractivity contribution in [2.45, 2.75) is 13.8 Å². The van der Waals surface area contributed by atoms with E-state index in [-0.39, 0.29) is 29.1 Å². The third kappa shape index (κ3) is 3.85. The highest BCUT2D eigenvalue weighted by atomic mass is 16.6. The van der Waals surface area contributed by atoms with Crippen LogP contribution in [0.1, 0.15) is 38.9 Å². The van der Waals surface area contributed by atoms with E-state index in [0.29, 0.717) is 11.2 Å². The topological polar surface area (TPSA) is 104 Å². The van der Waals surface area contributed by atoms with Gasteiger partial charge in [-0.1, -0.05) is 23.8 Å². The largest absolute Gasteiger partial charge is 0.462 e. The summed E-state index contributed by atoms with van der Waals surface area (Å²) in [5.74, 6) is -0.940. The quantitative estimate of drug-likeness (QED) is 0.192. The molecule has 8 nitrogen and oxygen atoms in total. The number of ether oxygens (including phenoxy) is 1. The molecular formula is C24H19N3O5. The average Bonchev–Trinajstić information content (AvgIpc) is 3.18. The van der Waals surface area contributed by atoms with E-state index in [1.807, 2.05) is 31.2 Å². The van der Waals surface area contributed by atoms with Gasteiger partial charge < -0.3 is 4.74 Å². The van der Waals surface area contributed by atoms with Crippen LogP contribution in [0.3, 0.4) is 0 Å². The van der Waals surface area contributed by atoms with E-state index in [9.17, 15) is 19.7 Å². The lowest BCUT2D eigenvalue weighted by Gasteiger charge is -2.06. The zero-order valence-electron chi connectivity index (χ0n) is 17.4. The Morgan fingerprint density at radius 2 is 1.84 bits per heavy atom. The number of nitro groups is 1. The number of hydrogen-bond acceptors (Lipinski definition) is 6. The van der Waals surface area contributed by atoms with Gasteiger partial charge in [0.15, 0.2) is 0 Å². The lowest BCUT2D eigenvalue weighted by molar-refractivity contribution is -0.384. The zero-order valence-corrected chi connectivity index (χ0v) is 17.4. The third-order valence-corrected chi connectivity index (χ3v) is 5.04. The van der Waals surface area contributed by atoms with E-state index in [0.717, 1.165) is 11.1 Å². The molecule has 0 aliphatic heterocycles. The Morgan fingerprint density at radius 3 is 2.50 bits per heavy atom. The molecule has 0 fully saturated rings. The molecule has 0 amide bonds. The fraction of sp³-hybridized carbons (Fsp3) is 0.125. The zero-order chi connectivity index (χ0) is 22.8. The van der Waals surface area contributed by atoms with Crippen LogP contribution >= 0.6 is 0 Å². The van der Waals surface area contributed by atoms with Crippen LogP contribution in [0.4, 0.5) is 5.69 Å². The van der Waals surface area contributed by atoms with Gasteiger partial charge in [-0.2, -0.15) is 0 Å². The third-order valence-electron chi connectivity index (χ3n) is 5.04. The predicted octanol–water partition coefficient (Wildman–Crippen LogP) is 4.63. The first kappa shape index (κ1) is 20.9. The maximum Gasteiger partial charge on any atom is 0.340 e. The van der Waals surface area contributed by atoms with Crippen LogP contribution in [0.2, 0.25) is 0 Å². The second-order valence-electron chi connectivity index (χ2n) is 7.20. The van der Waals surface area contributed by atoms with Crippen molar-refractivity contribution >= 4 is 23.0 Å². The van der Waals surface area contributed by atoms with Gasteiger partial charge in [-0.15, -0.1) is 0 Å². The van der Waals surface area contributed by atoms with Crippen LogP contribution in [0.25, 0.3) is 16.8 Å². The van der Waals surface area contributed by atoms with Gasteiger partial charge in [-0.05, 0) is 44.2 Å². The van der Waals surface area contributed by atoms with Crippen molar-refractivity contribution in [3.8, 4) is 11.3 Å². The number of carbonyl (C=O) groups excluding carboxylic acids is 2. The molecule has 0 N–H and O–H groups in total. The van der Waals surface area contributed by atoms with E-state index in [2.05, 4.69) is 4.98 Å². The summed E-state index contributed by atoms with van der Waals surface area (Å²) in [6, 6.07) is 16.3. The molecule has 0 aliphatic rings. The number of aryl methyl sites for hydroxylation is 1. The second kappa shape index (κ2) is 8.43. The molecule has 4 aromatic rings. The lowest BCUT2D eigenvalue weighted by atomic mass is 10.1. The highest BCUT2D eigenvalue weighted by Crippen LogP contribution is 2.26. The molecule has 0 aliphatic carbocycles. The van der Waals surface area contributed by atoms with Gasteiger partial charge in [0, 0.05) is 23.3 Å². The van der Waals surface area contributed by atoms with Crippen molar-refractivity contribution in [2.75, 3.05) is 6.61 Å². The molecule has 0 spiro atoms. The predicted molar refractivity (Wildman–Crippen MR) is 118 cm³/mol. The fourth-order valence-corrected chi connectivity index (χ4v) is 3.49. The summed E-state index contributed by atoms with van der Waals surface area (Å²) in [6.45, 7) is 3.88. The molecule has 160 valence electrons. The summed E-state index contributed by atoms with van der Waals surface area (Å²) in [5.41, 5.74) is 3.69. The summed E-state index contributed by atoms with van der Waals surface area (Å²) in [7, 11) is 0. The number of esters is 1. The fourth-order valence-electron chi connectivity index (χ4n) is 3.49. The van der Waals surface area contributed by atoms with Crippen LogP contribution in [0.5, 0.6) is 0 Å². The first-order valence-electron chi connectivity index (χ1n) is 9.93. The van der Waals surface area contributed by atoms with E-state index >= 15 is 0 Å². The minimum atomic E-state index is -0.547. The minimum Gasteiger partial charge on any atom is -0.462 e. The number of fused-ring (bicyclic) bond motifs is 1. The number of rotatable bonds is 6. The Hall–Kier alpha value is -4.33. The lowest BCUT2D eigenvalue weighted by Crippen LogP contribution is -2.06. The van der Waals surface area contributed by atoms with E-state index in [1.165, 1.54) is 41.1 Å². The Balaban J connectivity index is 1.85. The summed E-state index contributed by atoms with van der Waals surface area (Å²) in [4.78, 5) is 40.6. The van der Waals surface area contributed by atoms with Crippen LogP contribution in [0.15, 0.2) is 67.0 Å². The molecule has 4 rings (SSSR count). The average molecular weight is 429 g/mol. The van der Waals surface area contributed by atoms with Crippen LogP contribution in [0, 0.1) is 17.0 Å². The highest BCUT2D eigenvalue weighted by molar-refractivity contribution is 6.11. The summed E-state index contributed by atoms with van der Waals surface area (Å²) < 4.78 is 6.72. The summed E-state index contributed by atoms with van der Waals surface area (Å²) in [6.07, 6.45) is 1.49. The molecular weight excluding hydrogens is 410 g/mol. The molecule has 2 heterocycles. The Morgan fingerprint density at radius 1 is 1.09 bits per heavy atom. The van der Waals surface area contributed by atoms with Gasteiger partial charge >= 0.3 is 5.97 Å². The molecule has 2 aromatic carbocycles. The smallest absolute Gasteiger partial charge is 0.340 e. The van der Waals surface area contributed by atoms with E-state index in [4.69, 9.17) is 4.74 Å².